The molecule has 0 saturated carbocycles. The van der Waals surface area contributed by atoms with Gasteiger partial charge in [0.25, 0.3) is 5.95 Å². The van der Waals surface area contributed by atoms with Crippen LogP contribution in [-0.2, 0) is 18.0 Å². The third-order valence-electron chi connectivity index (χ3n) is 2.03. The average molecular weight is 375 g/mol. The molecule has 7 heteroatoms. The number of allylic oxidation sites excluding steroid dienone is 2. The lowest BCUT2D eigenvalue weighted by Crippen LogP contribution is -2.27. The number of hydrogen-bond acceptors (Lipinski definition) is 4. The van der Waals surface area contributed by atoms with E-state index in [0.717, 1.165) is 0 Å². The molecule has 0 aromatic rings. The summed E-state index contributed by atoms with van der Waals surface area (Å²) in [6.45, 7) is 23.1. The van der Waals surface area contributed by atoms with E-state index >= 15 is 0 Å². The number of ether oxygens (including phenoxy) is 1. The van der Waals surface area contributed by atoms with Gasteiger partial charge in [0, 0.05) is 6.08 Å². The average Bonchev–Trinajstić information content (AvgIpc) is 2.20. The van der Waals surface area contributed by atoms with Crippen LogP contribution in [0.15, 0.2) is 36.2 Å². The zero-order valence-corrected chi connectivity index (χ0v) is 19.5. The molecule has 0 amide bonds. The van der Waals surface area contributed by atoms with E-state index in [1.807, 2.05) is 6.08 Å². The van der Waals surface area contributed by atoms with E-state index in [-0.39, 0.29) is 0 Å². The lowest BCUT2D eigenvalue weighted by atomic mass is 10.4. The van der Waals surface area contributed by atoms with Gasteiger partial charge in [-0.1, -0.05) is 6.58 Å². The van der Waals surface area contributed by atoms with Crippen LogP contribution in [0, 0.1) is 0 Å². The first-order valence-corrected chi connectivity index (χ1v) is 18.1. The predicted octanol–water partition coefficient (Wildman–Crippen LogP) is 5.43. The Morgan fingerprint density at radius 1 is 0.696 bits per heavy atom. The van der Waals surface area contributed by atoms with Crippen LogP contribution in [0.3, 0.4) is 0 Å². The first-order chi connectivity index (χ1) is 10.1. The van der Waals surface area contributed by atoms with Gasteiger partial charge in [-0.05, 0) is 58.9 Å². The van der Waals surface area contributed by atoms with Gasteiger partial charge in [0.05, 0.1) is 18.9 Å². The van der Waals surface area contributed by atoms with E-state index in [1.54, 1.807) is 13.2 Å². The summed E-state index contributed by atoms with van der Waals surface area (Å²) in [5.74, 6) is 1.74. The maximum absolute atomic E-state index is 6.12. The van der Waals surface area contributed by atoms with Crippen LogP contribution >= 0.6 is 0 Å². The molecular formula is C16H34O4Si3. The van der Waals surface area contributed by atoms with Crippen molar-refractivity contribution in [2.45, 2.75) is 58.9 Å². The molecule has 0 unspecified atom stereocenters. The lowest BCUT2D eigenvalue weighted by Gasteiger charge is -2.24. The highest BCUT2D eigenvalue weighted by molar-refractivity contribution is 6.70. The summed E-state index contributed by atoms with van der Waals surface area (Å²) in [5.41, 5.74) is 0. The molecule has 0 aliphatic heterocycles. The van der Waals surface area contributed by atoms with E-state index in [0.29, 0.717) is 17.5 Å². The van der Waals surface area contributed by atoms with Crippen molar-refractivity contribution in [3.63, 3.8) is 0 Å². The van der Waals surface area contributed by atoms with Crippen LogP contribution in [0.4, 0.5) is 0 Å². The van der Waals surface area contributed by atoms with Gasteiger partial charge in [0.2, 0.25) is 25.0 Å². The van der Waals surface area contributed by atoms with E-state index in [9.17, 15) is 0 Å². The smallest absolute Gasteiger partial charge is 0.268 e. The first kappa shape index (κ1) is 22.1. The predicted molar refractivity (Wildman–Crippen MR) is 106 cm³/mol. The third-order valence-corrected chi connectivity index (χ3v) is 4.57. The summed E-state index contributed by atoms with van der Waals surface area (Å²) >= 11 is 0. The molecule has 0 N–H and O–H groups in total. The van der Waals surface area contributed by atoms with E-state index < -0.39 is 25.0 Å². The Balaban J connectivity index is 5.48. The normalized spacial score (nSPS) is 14.3. The Labute approximate surface area is 145 Å². The van der Waals surface area contributed by atoms with Crippen LogP contribution in [0.25, 0.3) is 0 Å². The van der Waals surface area contributed by atoms with Gasteiger partial charge in [0.15, 0.2) is 0 Å². The van der Waals surface area contributed by atoms with Crippen molar-refractivity contribution in [2.75, 3.05) is 7.11 Å². The van der Waals surface area contributed by atoms with Crippen molar-refractivity contribution in [3.05, 3.63) is 36.2 Å². The molecule has 0 saturated heterocycles. The fourth-order valence-corrected chi connectivity index (χ4v) is 4.00. The molecule has 0 rings (SSSR count). The van der Waals surface area contributed by atoms with E-state index in [1.165, 1.54) is 0 Å². The minimum Gasteiger partial charge on any atom is -0.545 e. The molecule has 0 radical (unpaired) electrons. The van der Waals surface area contributed by atoms with Crippen molar-refractivity contribution >= 4 is 25.0 Å². The largest absolute Gasteiger partial charge is 0.545 e. The summed E-state index contributed by atoms with van der Waals surface area (Å²) in [7, 11) is -3.63. The third kappa shape index (κ3) is 13.2. The highest BCUT2D eigenvalue weighted by Crippen LogP contribution is 2.20. The van der Waals surface area contributed by atoms with Crippen LogP contribution < -0.4 is 0 Å². The Kier molecular flexibility index (Phi) is 7.92. The molecule has 0 aromatic heterocycles. The lowest BCUT2D eigenvalue weighted by molar-refractivity contribution is 0.145. The molecule has 23 heavy (non-hydrogen) atoms. The van der Waals surface area contributed by atoms with Gasteiger partial charge >= 0.3 is 0 Å². The van der Waals surface area contributed by atoms with Crippen LogP contribution in [-0.4, -0.2) is 32.1 Å². The SMILES string of the molecule is C=C(/C=C(\C=C(\OC)O[Si](C)(C)C)O[Si](C)(C)C)O[Si](C)(C)C. The molecule has 0 atom stereocenters. The summed E-state index contributed by atoms with van der Waals surface area (Å²) in [4.78, 5) is 0. The molecule has 0 heterocycles. The van der Waals surface area contributed by atoms with Crippen LogP contribution in [0.2, 0.25) is 58.9 Å². The van der Waals surface area contributed by atoms with Crippen molar-refractivity contribution < 1.29 is 18.0 Å². The standard InChI is InChI=1S/C16H34O4Si3/c1-14(18-21(3,4)5)12-15(19-22(6,7)8)13-16(17-2)20-23(9,10)11/h12-13H,1H2,2-11H3/b15-12+,16-13-. The van der Waals surface area contributed by atoms with Crippen LogP contribution in [0.5, 0.6) is 0 Å². The first-order valence-electron chi connectivity index (χ1n) is 7.85. The zero-order chi connectivity index (χ0) is 18.5. The van der Waals surface area contributed by atoms with E-state index in [4.69, 9.17) is 18.0 Å². The monoisotopic (exact) mass is 374 g/mol. The molecule has 0 fully saturated rings. The van der Waals surface area contributed by atoms with Gasteiger partial charge in [-0.3, -0.25) is 0 Å². The molecule has 0 bridgehead atoms. The molecule has 0 aliphatic carbocycles. The summed E-state index contributed by atoms with van der Waals surface area (Å²) in [6.07, 6.45) is 3.61. The molecule has 0 aromatic carbocycles. The number of methoxy groups -OCH3 is 1. The zero-order valence-electron chi connectivity index (χ0n) is 16.5. The summed E-state index contributed by atoms with van der Waals surface area (Å²) in [5, 5.41) is 0. The highest BCUT2D eigenvalue weighted by atomic mass is 28.4. The molecule has 0 spiro atoms. The topological polar surface area (TPSA) is 36.9 Å². The van der Waals surface area contributed by atoms with Crippen molar-refractivity contribution in [1.82, 2.24) is 0 Å². The van der Waals surface area contributed by atoms with Gasteiger partial charge in [0.1, 0.15) is 5.76 Å². The van der Waals surface area contributed by atoms with Crippen molar-refractivity contribution in [1.29, 1.82) is 0 Å². The molecule has 134 valence electrons. The Bertz CT molecular complexity index is 463. The van der Waals surface area contributed by atoms with Crippen LogP contribution in [0.1, 0.15) is 0 Å². The van der Waals surface area contributed by atoms with Gasteiger partial charge in [-0.25, -0.2) is 0 Å². The molecular weight excluding hydrogens is 340 g/mol. The van der Waals surface area contributed by atoms with Crippen molar-refractivity contribution in [3.8, 4) is 0 Å². The van der Waals surface area contributed by atoms with Gasteiger partial charge < -0.3 is 18.0 Å². The number of hydrogen-bond donors (Lipinski definition) is 0. The summed E-state index contributed by atoms with van der Waals surface area (Å²) < 4.78 is 23.3. The second-order valence-corrected chi connectivity index (χ2v) is 21.6. The maximum atomic E-state index is 6.12. The Hall–Kier alpha value is -0.929. The Morgan fingerprint density at radius 2 is 1.13 bits per heavy atom. The highest BCUT2D eigenvalue weighted by Gasteiger charge is 2.22. The maximum Gasteiger partial charge on any atom is 0.268 e. The second kappa shape index (κ2) is 8.25. The van der Waals surface area contributed by atoms with Gasteiger partial charge in [-0.2, -0.15) is 0 Å². The fraction of sp³-hybridized carbons (Fsp3) is 0.625. The quantitative estimate of drug-likeness (QED) is 0.306. The second-order valence-electron chi connectivity index (χ2n) is 8.32. The minimum absolute atomic E-state index is 0.467. The fourth-order valence-electron chi connectivity index (χ4n) is 1.58. The number of rotatable bonds is 9. The van der Waals surface area contributed by atoms with Gasteiger partial charge in [-0.15, -0.1) is 0 Å². The Morgan fingerprint density at radius 3 is 1.48 bits per heavy atom. The molecule has 4 nitrogen and oxygen atoms in total. The summed E-state index contributed by atoms with van der Waals surface area (Å²) in [6, 6.07) is 0. The van der Waals surface area contributed by atoms with Crippen molar-refractivity contribution in [2.24, 2.45) is 0 Å². The minimum atomic E-state index is -1.78. The van der Waals surface area contributed by atoms with E-state index in [2.05, 4.69) is 65.5 Å². The molecule has 0 aliphatic rings.